The van der Waals surface area contributed by atoms with Crippen LogP contribution >= 0.6 is 15.9 Å². The summed E-state index contributed by atoms with van der Waals surface area (Å²) < 4.78 is 49.5. The standard InChI is InChI=1S/C14H12BrF2NO2S/c15-11-7-5-10(6-8-11)9-18-12-3-1-2-4-13(12)21(19,20)14(16)17/h1-8,14,18H,9H2. The van der Waals surface area contributed by atoms with Crippen LogP contribution < -0.4 is 5.32 Å². The van der Waals surface area contributed by atoms with Gasteiger partial charge < -0.3 is 5.32 Å². The van der Waals surface area contributed by atoms with Crippen molar-refractivity contribution in [2.24, 2.45) is 0 Å². The van der Waals surface area contributed by atoms with Crippen molar-refractivity contribution in [1.82, 2.24) is 0 Å². The molecule has 0 aliphatic carbocycles. The van der Waals surface area contributed by atoms with E-state index in [4.69, 9.17) is 0 Å². The summed E-state index contributed by atoms with van der Waals surface area (Å²) in [4.78, 5) is -0.392. The molecule has 0 aromatic heterocycles. The monoisotopic (exact) mass is 375 g/mol. The van der Waals surface area contributed by atoms with E-state index < -0.39 is 20.5 Å². The molecule has 0 unspecified atom stereocenters. The Hall–Kier alpha value is -1.47. The van der Waals surface area contributed by atoms with Gasteiger partial charge in [-0.1, -0.05) is 40.2 Å². The van der Waals surface area contributed by atoms with Gasteiger partial charge in [-0.25, -0.2) is 8.42 Å². The number of hydrogen-bond acceptors (Lipinski definition) is 3. The van der Waals surface area contributed by atoms with Gasteiger partial charge >= 0.3 is 5.76 Å². The lowest BCUT2D eigenvalue weighted by Gasteiger charge is -2.12. The normalized spacial score (nSPS) is 11.6. The highest BCUT2D eigenvalue weighted by atomic mass is 79.9. The topological polar surface area (TPSA) is 46.2 Å². The number of benzene rings is 2. The zero-order chi connectivity index (χ0) is 15.5. The van der Waals surface area contributed by atoms with Crippen molar-refractivity contribution in [2.75, 3.05) is 5.32 Å². The van der Waals surface area contributed by atoms with Crippen LogP contribution in [0.3, 0.4) is 0 Å². The van der Waals surface area contributed by atoms with Gasteiger partial charge in [-0.3, -0.25) is 0 Å². The van der Waals surface area contributed by atoms with Crippen LogP contribution in [0.25, 0.3) is 0 Å². The van der Waals surface area contributed by atoms with Crippen LogP contribution in [0.2, 0.25) is 0 Å². The molecule has 3 nitrogen and oxygen atoms in total. The average molecular weight is 376 g/mol. The average Bonchev–Trinajstić information content (AvgIpc) is 2.47. The number of halogens is 3. The highest BCUT2D eigenvalue weighted by molar-refractivity contribution is 9.10. The molecule has 2 rings (SSSR count). The molecule has 21 heavy (non-hydrogen) atoms. The highest BCUT2D eigenvalue weighted by Gasteiger charge is 2.28. The van der Waals surface area contributed by atoms with E-state index in [0.717, 1.165) is 10.0 Å². The molecule has 0 amide bonds. The van der Waals surface area contributed by atoms with Crippen molar-refractivity contribution >= 4 is 31.5 Å². The molecule has 0 aliphatic rings. The minimum Gasteiger partial charge on any atom is -0.380 e. The molecule has 0 heterocycles. The highest BCUT2D eigenvalue weighted by Crippen LogP contribution is 2.26. The summed E-state index contributed by atoms with van der Waals surface area (Å²) in [6, 6.07) is 13.0. The van der Waals surface area contributed by atoms with Gasteiger partial charge in [-0.2, -0.15) is 8.78 Å². The molecule has 0 radical (unpaired) electrons. The Kier molecular flexibility index (Phi) is 4.95. The van der Waals surface area contributed by atoms with Crippen LogP contribution in [0.5, 0.6) is 0 Å². The van der Waals surface area contributed by atoms with E-state index in [1.807, 2.05) is 24.3 Å². The molecule has 0 saturated heterocycles. The fourth-order valence-electron chi connectivity index (χ4n) is 1.76. The van der Waals surface area contributed by atoms with Crippen LogP contribution in [0, 0.1) is 0 Å². The first-order valence-corrected chi connectivity index (χ1v) is 8.34. The quantitative estimate of drug-likeness (QED) is 0.856. The Morgan fingerprint density at radius 3 is 2.29 bits per heavy atom. The van der Waals surface area contributed by atoms with E-state index in [2.05, 4.69) is 21.2 Å². The molecular weight excluding hydrogens is 364 g/mol. The third-order valence-electron chi connectivity index (χ3n) is 2.82. The van der Waals surface area contributed by atoms with E-state index in [1.54, 1.807) is 6.07 Å². The Morgan fingerprint density at radius 1 is 1.05 bits per heavy atom. The van der Waals surface area contributed by atoms with E-state index in [0.29, 0.717) is 6.54 Å². The van der Waals surface area contributed by atoms with Gasteiger partial charge in [0, 0.05) is 11.0 Å². The van der Waals surface area contributed by atoms with Crippen LogP contribution in [0.4, 0.5) is 14.5 Å². The van der Waals surface area contributed by atoms with Gasteiger partial charge in [0.1, 0.15) is 0 Å². The van der Waals surface area contributed by atoms with Crippen LogP contribution in [-0.4, -0.2) is 14.2 Å². The summed E-state index contributed by atoms with van der Waals surface area (Å²) in [7, 11) is -4.62. The first-order valence-electron chi connectivity index (χ1n) is 6.00. The molecule has 0 bridgehead atoms. The molecule has 112 valence electrons. The number of para-hydroxylation sites is 1. The maximum atomic E-state index is 12.7. The second-order valence-electron chi connectivity index (χ2n) is 4.28. The summed E-state index contributed by atoms with van der Waals surface area (Å²) in [6.07, 6.45) is 0. The van der Waals surface area contributed by atoms with Crippen molar-refractivity contribution in [3.8, 4) is 0 Å². The SMILES string of the molecule is O=S(=O)(c1ccccc1NCc1ccc(Br)cc1)C(F)F. The van der Waals surface area contributed by atoms with Crippen LogP contribution in [0.1, 0.15) is 5.56 Å². The summed E-state index contributed by atoms with van der Waals surface area (Å²) in [5.41, 5.74) is 1.07. The molecule has 0 spiro atoms. The fraction of sp³-hybridized carbons (Fsp3) is 0.143. The zero-order valence-corrected chi connectivity index (χ0v) is 13.2. The number of anilines is 1. The number of sulfone groups is 1. The van der Waals surface area contributed by atoms with Gasteiger partial charge in [0.25, 0.3) is 0 Å². The molecule has 0 aliphatic heterocycles. The lowest BCUT2D eigenvalue weighted by atomic mass is 10.2. The molecule has 7 heteroatoms. The maximum absolute atomic E-state index is 12.7. The van der Waals surface area contributed by atoms with Crippen molar-refractivity contribution in [3.05, 3.63) is 58.6 Å². The van der Waals surface area contributed by atoms with Gasteiger partial charge in [-0.05, 0) is 29.8 Å². The van der Waals surface area contributed by atoms with Crippen molar-refractivity contribution in [2.45, 2.75) is 17.2 Å². The minimum absolute atomic E-state index is 0.167. The predicted molar refractivity (Wildman–Crippen MR) is 81.1 cm³/mol. The molecule has 0 fully saturated rings. The van der Waals surface area contributed by atoms with Crippen molar-refractivity contribution in [3.63, 3.8) is 0 Å². The Bertz CT molecular complexity index is 718. The summed E-state index contributed by atoms with van der Waals surface area (Å²) in [5, 5.41) is 2.88. The van der Waals surface area contributed by atoms with E-state index in [-0.39, 0.29) is 5.69 Å². The number of rotatable bonds is 5. The molecule has 2 aromatic rings. The number of nitrogens with one attached hydrogen (secondary N) is 1. The first-order chi connectivity index (χ1) is 9.91. The summed E-state index contributed by atoms with van der Waals surface area (Å²) in [6.45, 7) is 0.336. The van der Waals surface area contributed by atoms with Crippen LogP contribution in [-0.2, 0) is 16.4 Å². The fourth-order valence-corrected chi connectivity index (χ4v) is 2.93. The second-order valence-corrected chi connectivity index (χ2v) is 7.08. The van der Waals surface area contributed by atoms with Crippen molar-refractivity contribution < 1.29 is 17.2 Å². The maximum Gasteiger partial charge on any atom is 0.341 e. The molecular formula is C14H12BrF2NO2S. The lowest BCUT2D eigenvalue weighted by Crippen LogP contribution is -2.14. The first kappa shape index (κ1) is 15.9. The predicted octanol–water partition coefficient (Wildman–Crippen LogP) is 4.06. The summed E-state index contributed by atoms with van der Waals surface area (Å²) in [5.74, 6) is -3.44. The van der Waals surface area contributed by atoms with E-state index >= 15 is 0 Å². The third kappa shape index (κ3) is 3.79. The minimum atomic E-state index is -4.62. The van der Waals surface area contributed by atoms with Gasteiger partial charge in [0.05, 0.1) is 10.6 Å². The third-order valence-corrected chi connectivity index (χ3v) is 4.79. The van der Waals surface area contributed by atoms with Gasteiger partial charge in [0.2, 0.25) is 9.84 Å². The number of alkyl halides is 2. The Morgan fingerprint density at radius 2 is 1.67 bits per heavy atom. The molecule has 1 N–H and O–H groups in total. The van der Waals surface area contributed by atoms with Gasteiger partial charge in [-0.15, -0.1) is 0 Å². The van der Waals surface area contributed by atoms with E-state index in [1.165, 1.54) is 18.2 Å². The van der Waals surface area contributed by atoms with E-state index in [9.17, 15) is 17.2 Å². The largest absolute Gasteiger partial charge is 0.380 e. The van der Waals surface area contributed by atoms with Gasteiger partial charge in [0.15, 0.2) is 0 Å². The smallest absolute Gasteiger partial charge is 0.341 e. The summed E-state index contributed by atoms with van der Waals surface area (Å²) >= 11 is 3.31. The molecule has 0 atom stereocenters. The molecule has 2 aromatic carbocycles. The van der Waals surface area contributed by atoms with Crippen LogP contribution in [0.15, 0.2) is 57.9 Å². The molecule has 0 saturated carbocycles. The van der Waals surface area contributed by atoms with Crippen molar-refractivity contribution in [1.29, 1.82) is 0 Å². The lowest BCUT2D eigenvalue weighted by molar-refractivity contribution is 0.235. The second kappa shape index (κ2) is 6.53. The zero-order valence-electron chi connectivity index (χ0n) is 10.8. The number of hydrogen-bond donors (Lipinski definition) is 1. The Balaban J connectivity index is 2.23. The Labute approximate surface area is 130 Å².